The Morgan fingerprint density at radius 1 is 1.08 bits per heavy atom. The van der Waals surface area contributed by atoms with E-state index in [-0.39, 0.29) is 43.9 Å². The van der Waals surface area contributed by atoms with Gasteiger partial charge in [0.15, 0.2) is 6.61 Å². The number of likely N-dealkylation sites (N-methyl/N-ethyl adjacent to an activating group) is 1. The molecule has 0 aliphatic rings. The fourth-order valence-corrected chi connectivity index (χ4v) is 3.35. The second-order valence-corrected chi connectivity index (χ2v) is 7.54. The van der Waals surface area contributed by atoms with Gasteiger partial charge in [-0.25, -0.2) is 0 Å². The third kappa shape index (κ3) is 8.80. The number of aldehydes is 1. The molecule has 2 rings (SSSR count). The van der Waals surface area contributed by atoms with Gasteiger partial charge < -0.3 is 25.6 Å². The van der Waals surface area contributed by atoms with Gasteiger partial charge in [-0.15, -0.1) is 0 Å². The maximum atomic E-state index is 13.1. The first-order valence-corrected chi connectivity index (χ1v) is 11.2. The number of nitrogens with zero attached hydrogens (tertiary/aromatic N) is 1. The monoisotopic (exact) mass is 509 g/mol. The molecule has 4 amide bonds. The lowest BCUT2D eigenvalue weighted by Gasteiger charge is -2.25. The summed E-state index contributed by atoms with van der Waals surface area (Å²) in [4.78, 5) is 60.8. The number of ether oxygens (including phenoxy) is 1. The first-order chi connectivity index (χ1) is 17.8. The van der Waals surface area contributed by atoms with Crippen LogP contribution >= 0.6 is 0 Å². The maximum Gasteiger partial charge on any atom is 0.261 e. The van der Waals surface area contributed by atoms with Crippen molar-refractivity contribution in [2.24, 2.45) is 0 Å². The molecule has 0 saturated heterocycles. The lowest BCUT2D eigenvalue weighted by atomic mass is 10.00. The van der Waals surface area contributed by atoms with Crippen molar-refractivity contribution in [1.82, 2.24) is 15.5 Å². The van der Waals surface area contributed by atoms with Gasteiger partial charge in [-0.05, 0) is 49.4 Å². The Bertz CT molecular complexity index is 1110. The molecular weight excluding hydrogens is 478 g/mol. The summed E-state index contributed by atoms with van der Waals surface area (Å²) < 4.78 is 5.22. The van der Waals surface area contributed by atoms with Gasteiger partial charge in [0.25, 0.3) is 11.8 Å². The molecule has 2 aromatic carbocycles. The Kier molecular flexibility index (Phi) is 13.2. The molecule has 37 heavy (non-hydrogen) atoms. The molecule has 0 aliphatic heterocycles. The average Bonchev–Trinajstić information content (AvgIpc) is 2.94. The summed E-state index contributed by atoms with van der Waals surface area (Å²) in [6, 6.07) is 12.4. The molecule has 0 spiro atoms. The molecule has 196 valence electrons. The van der Waals surface area contributed by atoms with Gasteiger partial charge in [-0.2, -0.15) is 0 Å². The average molecular weight is 510 g/mol. The van der Waals surface area contributed by atoms with E-state index in [1.807, 2.05) is 6.07 Å². The molecule has 1 atom stereocenters. The molecule has 0 aromatic heterocycles. The van der Waals surface area contributed by atoms with Gasteiger partial charge in [0.05, 0.1) is 0 Å². The van der Waals surface area contributed by atoms with Crippen molar-refractivity contribution in [3.8, 4) is 0 Å². The van der Waals surface area contributed by atoms with Gasteiger partial charge >= 0.3 is 0 Å². The highest BCUT2D eigenvalue weighted by Crippen LogP contribution is 2.18. The summed E-state index contributed by atoms with van der Waals surface area (Å²) in [5, 5.41) is 18.5. The number of carbonyl (C=O) groups excluding carboxylic acids is 5. The van der Waals surface area contributed by atoms with Crippen LogP contribution < -0.4 is 10.6 Å². The van der Waals surface area contributed by atoms with Crippen molar-refractivity contribution >= 4 is 43.0 Å². The molecular formula is C26H31N5O6. The predicted octanol–water partition coefficient (Wildman–Crippen LogP) is 1.61. The molecule has 2 aromatic rings. The van der Waals surface area contributed by atoms with Crippen LogP contribution in [0.25, 0.3) is 0 Å². The number of hydrogen-bond donors (Lipinski definition) is 4. The molecule has 0 saturated carbocycles. The summed E-state index contributed by atoms with van der Waals surface area (Å²) in [5.41, 5.74) is 1.88. The Hall–Kier alpha value is -4.67. The third-order valence-corrected chi connectivity index (χ3v) is 5.33. The van der Waals surface area contributed by atoms with E-state index in [2.05, 4.69) is 17.4 Å². The van der Waals surface area contributed by atoms with Crippen molar-refractivity contribution in [2.45, 2.75) is 32.4 Å². The fraction of sp³-hybridized carbons (Fsp3) is 0.269. The van der Waals surface area contributed by atoms with Crippen molar-refractivity contribution in [3.05, 3.63) is 70.8 Å². The van der Waals surface area contributed by atoms with Crippen LogP contribution in [0.5, 0.6) is 0 Å². The summed E-state index contributed by atoms with van der Waals surface area (Å²) in [6.07, 6.45) is 0.897. The van der Waals surface area contributed by atoms with Crippen LogP contribution in [0.4, 0.5) is 0 Å². The zero-order valence-electron chi connectivity index (χ0n) is 20.8. The molecule has 0 radical (unpaired) electrons. The standard InChI is InChI=1S/C25H28N4O6.CH3N/c1-17-19(14-28-22(32)15-35-23(26)18-8-4-3-5-9-18)10-6-11-20(17)25(34)29(16-31)21(12-7-13-30)24(33)27-2;1-2/h3-6,8-11,13,16,21,26H,7,12,14-15H2,1-2H3,(H,27,33)(H,28,32);2H,1H2. The number of amides is 4. The fourth-order valence-electron chi connectivity index (χ4n) is 3.35. The molecule has 1 unspecified atom stereocenters. The summed E-state index contributed by atoms with van der Waals surface area (Å²) in [7, 11) is 1.38. The van der Waals surface area contributed by atoms with E-state index in [0.717, 1.165) is 4.90 Å². The Labute approximate surface area is 215 Å². The topological polar surface area (TPSA) is 170 Å². The first-order valence-electron chi connectivity index (χ1n) is 11.2. The van der Waals surface area contributed by atoms with Gasteiger partial charge in [-0.1, -0.05) is 30.3 Å². The molecule has 0 aliphatic carbocycles. The highest BCUT2D eigenvalue weighted by molar-refractivity contribution is 6.04. The second kappa shape index (κ2) is 16.1. The molecule has 4 N–H and O–H groups in total. The predicted molar refractivity (Wildman–Crippen MR) is 137 cm³/mol. The normalized spacial score (nSPS) is 10.5. The zero-order chi connectivity index (χ0) is 27.8. The summed E-state index contributed by atoms with van der Waals surface area (Å²) in [5.74, 6) is -1.83. The Morgan fingerprint density at radius 2 is 1.76 bits per heavy atom. The van der Waals surface area contributed by atoms with Crippen molar-refractivity contribution in [1.29, 1.82) is 10.8 Å². The van der Waals surface area contributed by atoms with Crippen LogP contribution in [0.15, 0.2) is 48.5 Å². The second-order valence-electron chi connectivity index (χ2n) is 7.54. The Morgan fingerprint density at radius 3 is 2.35 bits per heavy atom. The highest BCUT2D eigenvalue weighted by atomic mass is 16.5. The number of nitrogens with one attached hydrogen (secondary N) is 4. The SMILES string of the molecule is C=N.CNC(=O)C(CCC=O)N(C=O)C(=O)c1cccc(CNC(=O)COC(=N)c2ccccc2)c1C. The van der Waals surface area contributed by atoms with Gasteiger partial charge in [0.1, 0.15) is 12.3 Å². The summed E-state index contributed by atoms with van der Waals surface area (Å²) in [6.45, 7) is 3.90. The third-order valence-electron chi connectivity index (χ3n) is 5.33. The van der Waals surface area contributed by atoms with Crippen LogP contribution in [0.3, 0.4) is 0 Å². The Balaban J connectivity index is 0.00000334. The molecule has 0 bridgehead atoms. The van der Waals surface area contributed by atoms with E-state index in [9.17, 15) is 24.0 Å². The van der Waals surface area contributed by atoms with Gasteiger partial charge in [-0.3, -0.25) is 29.5 Å². The van der Waals surface area contributed by atoms with Crippen LogP contribution in [0.1, 0.15) is 39.9 Å². The van der Waals surface area contributed by atoms with Crippen LogP contribution in [0.2, 0.25) is 0 Å². The van der Waals surface area contributed by atoms with E-state index in [1.165, 1.54) is 13.1 Å². The van der Waals surface area contributed by atoms with E-state index >= 15 is 0 Å². The molecule has 11 heteroatoms. The van der Waals surface area contributed by atoms with Crippen LogP contribution in [-0.4, -0.2) is 67.6 Å². The minimum Gasteiger partial charge on any atom is -0.468 e. The number of rotatable bonds is 12. The zero-order valence-corrected chi connectivity index (χ0v) is 20.8. The van der Waals surface area contributed by atoms with Crippen LogP contribution in [0, 0.1) is 17.7 Å². The first kappa shape index (κ1) is 30.4. The number of hydrogen-bond acceptors (Lipinski definition) is 8. The molecule has 0 heterocycles. The van der Waals surface area contributed by atoms with Gasteiger partial charge in [0, 0.05) is 31.1 Å². The largest absolute Gasteiger partial charge is 0.468 e. The molecule has 11 nitrogen and oxygen atoms in total. The number of benzene rings is 2. The summed E-state index contributed by atoms with van der Waals surface area (Å²) >= 11 is 0. The lowest BCUT2D eigenvalue weighted by Crippen LogP contribution is -2.48. The maximum absolute atomic E-state index is 13.1. The quantitative estimate of drug-likeness (QED) is 0.192. The minimum atomic E-state index is -1.13. The van der Waals surface area contributed by atoms with Crippen molar-refractivity contribution in [2.75, 3.05) is 13.7 Å². The lowest BCUT2D eigenvalue weighted by molar-refractivity contribution is -0.131. The highest BCUT2D eigenvalue weighted by Gasteiger charge is 2.30. The van der Waals surface area contributed by atoms with Crippen molar-refractivity contribution < 1.29 is 28.7 Å². The van der Waals surface area contributed by atoms with Crippen LogP contribution in [-0.2, 0) is 30.5 Å². The number of carbonyl (C=O) groups is 5. The number of imide groups is 1. The van der Waals surface area contributed by atoms with E-state index in [0.29, 0.717) is 23.0 Å². The van der Waals surface area contributed by atoms with E-state index in [1.54, 1.807) is 43.3 Å². The van der Waals surface area contributed by atoms with E-state index in [4.69, 9.17) is 15.6 Å². The smallest absolute Gasteiger partial charge is 0.261 e. The van der Waals surface area contributed by atoms with E-state index < -0.39 is 23.8 Å². The van der Waals surface area contributed by atoms with Crippen molar-refractivity contribution in [3.63, 3.8) is 0 Å². The molecule has 0 fully saturated rings. The minimum absolute atomic E-state index is 0.000433. The van der Waals surface area contributed by atoms with Gasteiger partial charge in [0.2, 0.25) is 18.2 Å².